The number of hydrogen-bond donors (Lipinski definition) is 0. The van der Waals surface area contributed by atoms with E-state index in [-0.39, 0.29) is 0 Å². The van der Waals surface area contributed by atoms with Gasteiger partial charge in [0.25, 0.3) is 0 Å². The molecule has 0 amide bonds. The number of nitrogens with zero attached hydrogens (tertiary/aromatic N) is 2. The lowest BCUT2D eigenvalue weighted by Crippen LogP contribution is -1.73. The first-order valence-electron chi connectivity index (χ1n) is 2.72. The Balaban J connectivity index is 2.90. The van der Waals surface area contributed by atoms with Gasteiger partial charge < -0.3 is 0 Å². The Bertz CT molecular complexity index is 233. The van der Waals surface area contributed by atoms with Crippen molar-refractivity contribution in [3.63, 3.8) is 0 Å². The Morgan fingerprint density at radius 2 is 2.67 bits per heavy atom. The Kier molecular flexibility index (Phi) is 1.81. The zero-order chi connectivity index (χ0) is 6.69. The Hall–Kier alpha value is -0.880. The Morgan fingerprint density at radius 1 is 1.89 bits per heavy atom. The maximum absolute atomic E-state index is 8.37. The van der Waals surface area contributed by atoms with Crippen molar-refractivity contribution in [1.82, 2.24) is 4.37 Å². The summed E-state index contributed by atoms with van der Waals surface area (Å²) < 4.78 is 4.02. The van der Waals surface area contributed by atoms with E-state index in [2.05, 4.69) is 4.37 Å². The topological polar surface area (TPSA) is 36.7 Å². The van der Waals surface area contributed by atoms with E-state index in [9.17, 15) is 0 Å². The average molecular weight is 138 g/mol. The van der Waals surface area contributed by atoms with Crippen molar-refractivity contribution in [2.45, 2.75) is 13.3 Å². The molecule has 0 atom stereocenters. The third kappa shape index (κ3) is 1.27. The molecule has 0 fully saturated rings. The SMILES string of the molecule is CCc1cc(C#N)sn1. The zero-order valence-corrected chi connectivity index (χ0v) is 5.90. The van der Waals surface area contributed by atoms with Crippen LogP contribution in [0.2, 0.25) is 0 Å². The van der Waals surface area contributed by atoms with E-state index in [1.54, 1.807) is 0 Å². The molecule has 46 valence electrons. The molecule has 1 heterocycles. The summed E-state index contributed by atoms with van der Waals surface area (Å²) in [6.45, 7) is 2.02. The number of aryl methyl sites for hydroxylation is 1. The van der Waals surface area contributed by atoms with Crippen molar-refractivity contribution in [1.29, 1.82) is 5.26 Å². The normalized spacial score (nSPS) is 8.89. The molecule has 0 saturated heterocycles. The Morgan fingerprint density at radius 3 is 3.00 bits per heavy atom. The molecule has 0 N–H and O–H groups in total. The van der Waals surface area contributed by atoms with Gasteiger partial charge in [-0.3, -0.25) is 0 Å². The summed E-state index contributed by atoms with van der Waals surface area (Å²) in [4.78, 5) is 0.701. The third-order valence-corrected chi connectivity index (χ3v) is 1.76. The maximum Gasteiger partial charge on any atom is 0.125 e. The van der Waals surface area contributed by atoms with Gasteiger partial charge in [0, 0.05) is 0 Å². The number of nitriles is 1. The summed E-state index contributed by atoms with van der Waals surface area (Å²) in [5.74, 6) is 0. The molecule has 3 heteroatoms. The first-order chi connectivity index (χ1) is 4.36. The van der Waals surface area contributed by atoms with Crippen LogP contribution in [-0.2, 0) is 6.42 Å². The van der Waals surface area contributed by atoms with Gasteiger partial charge in [-0.25, -0.2) is 0 Å². The molecule has 0 aromatic carbocycles. The van der Waals surface area contributed by atoms with Crippen LogP contribution in [0.5, 0.6) is 0 Å². The van der Waals surface area contributed by atoms with Gasteiger partial charge in [0.2, 0.25) is 0 Å². The molecule has 0 aliphatic rings. The lowest BCUT2D eigenvalue weighted by molar-refractivity contribution is 1.09. The van der Waals surface area contributed by atoms with E-state index in [1.165, 1.54) is 11.5 Å². The monoisotopic (exact) mass is 138 g/mol. The highest BCUT2D eigenvalue weighted by Crippen LogP contribution is 2.07. The van der Waals surface area contributed by atoms with Crippen LogP contribution in [0.1, 0.15) is 17.5 Å². The van der Waals surface area contributed by atoms with E-state index in [0.29, 0.717) is 4.88 Å². The molecule has 0 spiro atoms. The van der Waals surface area contributed by atoms with Crippen molar-refractivity contribution in [3.05, 3.63) is 16.6 Å². The minimum absolute atomic E-state index is 0.701. The highest BCUT2D eigenvalue weighted by atomic mass is 32.1. The molecule has 0 aliphatic heterocycles. The van der Waals surface area contributed by atoms with Crippen LogP contribution < -0.4 is 0 Å². The number of hydrogen-bond acceptors (Lipinski definition) is 3. The molecule has 0 aliphatic carbocycles. The highest BCUT2D eigenvalue weighted by molar-refractivity contribution is 7.06. The van der Waals surface area contributed by atoms with Gasteiger partial charge in [0.05, 0.1) is 5.69 Å². The quantitative estimate of drug-likeness (QED) is 0.590. The van der Waals surface area contributed by atoms with Gasteiger partial charge in [0.15, 0.2) is 0 Å². The maximum atomic E-state index is 8.37. The molecule has 2 nitrogen and oxygen atoms in total. The van der Waals surface area contributed by atoms with E-state index < -0.39 is 0 Å². The van der Waals surface area contributed by atoms with Crippen LogP contribution >= 0.6 is 11.5 Å². The summed E-state index contributed by atoms with van der Waals surface area (Å²) in [5.41, 5.74) is 1.01. The van der Waals surface area contributed by atoms with Crippen LogP contribution in [0.15, 0.2) is 6.07 Å². The van der Waals surface area contributed by atoms with Gasteiger partial charge in [-0.2, -0.15) is 9.64 Å². The summed E-state index contributed by atoms with van der Waals surface area (Å²) in [6.07, 6.45) is 0.915. The van der Waals surface area contributed by atoms with Crippen molar-refractivity contribution in [3.8, 4) is 6.07 Å². The van der Waals surface area contributed by atoms with Crippen LogP contribution in [0.3, 0.4) is 0 Å². The summed E-state index contributed by atoms with van der Waals surface area (Å²) in [6, 6.07) is 3.86. The lowest BCUT2D eigenvalue weighted by atomic mass is 10.3. The molecule has 1 aromatic heterocycles. The second kappa shape index (κ2) is 2.60. The minimum Gasteiger partial charge on any atom is -0.196 e. The highest BCUT2D eigenvalue weighted by Gasteiger charge is 1.95. The van der Waals surface area contributed by atoms with E-state index in [4.69, 9.17) is 5.26 Å². The van der Waals surface area contributed by atoms with E-state index >= 15 is 0 Å². The second-order valence-electron chi connectivity index (χ2n) is 1.65. The molecule has 0 unspecified atom stereocenters. The molecule has 0 saturated carbocycles. The predicted molar refractivity (Wildman–Crippen MR) is 36.2 cm³/mol. The molecule has 0 bridgehead atoms. The summed E-state index contributed by atoms with van der Waals surface area (Å²) in [7, 11) is 0. The van der Waals surface area contributed by atoms with Gasteiger partial charge >= 0.3 is 0 Å². The fourth-order valence-electron chi connectivity index (χ4n) is 0.531. The Labute approximate surface area is 57.9 Å². The molecular formula is C6H6N2S. The van der Waals surface area contributed by atoms with Gasteiger partial charge in [-0.15, -0.1) is 0 Å². The van der Waals surface area contributed by atoms with E-state index in [1.807, 2.05) is 19.1 Å². The molecule has 9 heavy (non-hydrogen) atoms. The van der Waals surface area contributed by atoms with Crippen LogP contribution in [0.4, 0.5) is 0 Å². The van der Waals surface area contributed by atoms with Crippen LogP contribution in [0, 0.1) is 11.3 Å². The largest absolute Gasteiger partial charge is 0.196 e. The van der Waals surface area contributed by atoms with Crippen LogP contribution in [-0.4, -0.2) is 4.37 Å². The molecule has 0 radical (unpaired) electrons. The lowest BCUT2D eigenvalue weighted by Gasteiger charge is -1.77. The average Bonchev–Trinajstić information content (AvgIpc) is 2.34. The fraction of sp³-hybridized carbons (Fsp3) is 0.333. The molecule has 1 rings (SSSR count). The van der Waals surface area contributed by atoms with Crippen molar-refractivity contribution in [2.24, 2.45) is 0 Å². The molecule has 1 aromatic rings. The second-order valence-corrected chi connectivity index (χ2v) is 2.45. The van der Waals surface area contributed by atoms with E-state index in [0.717, 1.165) is 12.1 Å². The first-order valence-corrected chi connectivity index (χ1v) is 3.50. The summed E-state index contributed by atoms with van der Waals surface area (Å²) >= 11 is 1.26. The van der Waals surface area contributed by atoms with Gasteiger partial charge in [-0.1, -0.05) is 6.92 Å². The first kappa shape index (κ1) is 6.24. The predicted octanol–water partition coefficient (Wildman–Crippen LogP) is 1.58. The number of aromatic nitrogens is 1. The zero-order valence-electron chi connectivity index (χ0n) is 5.09. The van der Waals surface area contributed by atoms with Crippen molar-refractivity contribution in [2.75, 3.05) is 0 Å². The van der Waals surface area contributed by atoms with Gasteiger partial charge in [-0.05, 0) is 24.0 Å². The van der Waals surface area contributed by atoms with Gasteiger partial charge in [0.1, 0.15) is 10.9 Å². The van der Waals surface area contributed by atoms with Crippen molar-refractivity contribution < 1.29 is 0 Å². The van der Waals surface area contributed by atoms with Crippen LogP contribution in [0.25, 0.3) is 0 Å². The smallest absolute Gasteiger partial charge is 0.125 e. The van der Waals surface area contributed by atoms with Crippen molar-refractivity contribution >= 4 is 11.5 Å². The number of rotatable bonds is 1. The fourth-order valence-corrected chi connectivity index (χ4v) is 1.16. The summed E-state index contributed by atoms with van der Waals surface area (Å²) in [5, 5.41) is 8.37. The third-order valence-electron chi connectivity index (χ3n) is 1.03. The standard InChI is InChI=1S/C6H6N2S/c1-2-5-3-6(4-7)9-8-5/h3H,2H2,1H3. The molecular weight excluding hydrogens is 132 g/mol. The minimum atomic E-state index is 0.701.